The molecule has 3 fully saturated rings. The fraction of sp³-hybridized carbons (Fsp3) is 0.632. The van der Waals surface area contributed by atoms with Crippen molar-refractivity contribution in [3.05, 3.63) is 31.1 Å². The fourth-order valence-corrected chi connectivity index (χ4v) is 4.91. The van der Waals surface area contributed by atoms with E-state index in [1.54, 1.807) is 0 Å². The van der Waals surface area contributed by atoms with Gasteiger partial charge in [0, 0.05) is 57.7 Å². The number of piperazine rings is 1. The minimum atomic E-state index is 0.0965. The molecule has 2 saturated heterocycles. The molecule has 1 aromatic heterocycles. The van der Waals surface area contributed by atoms with Crippen LogP contribution in [0.4, 0.5) is 5.95 Å². The second-order valence-electron chi connectivity index (χ2n) is 7.44. The summed E-state index contributed by atoms with van der Waals surface area (Å²) in [5.41, 5.74) is 0. The zero-order chi connectivity index (χ0) is 17.2. The Hall–Kier alpha value is -1.95. The van der Waals surface area contributed by atoms with Crippen LogP contribution in [0.1, 0.15) is 19.3 Å². The molecular formula is C19H27N5O. The molecule has 0 spiro atoms. The Balaban J connectivity index is 1.39. The van der Waals surface area contributed by atoms with E-state index >= 15 is 0 Å². The smallest absolute Gasteiger partial charge is 0.245 e. The van der Waals surface area contributed by atoms with Crippen LogP contribution >= 0.6 is 0 Å². The van der Waals surface area contributed by atoms with Gasteiger partial charge in [-0.2, -0.15) is 0 Å². The highest BCUT2D eigenvalue weighted by Crippen LogP contribution is 2.39. The number of hydrogen-bond acceptors (Lipinski definition) is 5. The summed E-state index contributed by atoms with van der Waals surface area (Å²) in [6, 6.07) is 2.47. The van der Waals surface area contributed by atoms with Crippen LogP contribution in [0.5, 0.6) is 0 Å². The molecule has 134 valence electrons. The van der Waals surface area contributed by atoms with Gasteiger partial charge < -0.3 is 9.80 Å². The van der Waals surface area contributed by atoms with E-state index in [0.29, 0.717) is 17.9 Å². The van der Waals surface area contributed by atoms with Crippen LogP contribution in [0, 0.1) is 11.8 Å². The summed E-state index contributed by atoms with van der Waals surface area (Å²) in [6.45, 7) is 9.55. The Morgan fingerprint density at radius 1 is 1.12 bits per heavy atom. The lowest BCUT2D eigenvalue weighted by Crippen LogP contribution is -2.54. The number of rotatable bonds is 3. The van der Waals surface area contributed by atoms with Crippen LogP contribution < -0.4 is 4.90 Å². The maximum absolute atomic E-state index is 12.0. The van der Waals surface area contributed by atoms with Gasteiger partial charge in [-0.05, 0) is 36.8 Å². The summed E-state index contributed by atoms with van der Waals surface area (Å²) in [4.78, 5) is 27.7. The Bertz CT molecular complexity index is 614. The monoisotopic (exact) mass is 341 g/mol. The van der Waals surface area contributed by atoms with E-state index in [2.05, 4.69) is 26.3 Å². The minimum Gasteiger partial charge on any atom is -0.339 e. The largest absolute Gasteiger partial charge is 0.339 e. The quantitative estimate of drug-likeness (QED) is 0.778. The van der Waals surface area contributed by atoms with Crippen molar-refractivity contribution in [1.82, 2.24) is 19.8 Å². The number of likely N-dealkylation sites (tertiary alicyclic amines) is 1. The first-order valence-corrected chi connectivity index (χ1v) is 9.43. The summed E-state index contributed by atoms with van der Waals surface area (Å²) in [5.74, 6) is 2.22. The molecule has 1 aromatic rings. The molecule has 3 aliphatic rings. The molecule has 0 aromatic carbocycles. The van der Waals surface area contributed by atoms with Crippen molar-refractivity contribution < 1.29 is 4.79 Å². The number of carbonyl (C=O) groups excluding carboxylic acids is 1. The molecule has 2 aliphatic heterocycles. The molecule has 0 radical (unpaired) electrons. The first kappa shape index (κ1) is 16.5. The number of aromatic nitrogens is 2. The summed E-state index contributed by atoms with van der Waals surface area (Å²) < 4.78 is 0. The van der Waals surface area contributed by atoms with Gasteiger partial charge in [0.2, 0.25) is 11.9 Å². The van der Waals surface area contributed by atoms with E-state index in [1.807, 2.05) is 23.4 Å². The van der Waals surface area contributed by atoms with Gasteiger partial charge >= 0.3 is 0 Å². The number of carbonyl (C=O) groups is 1. The zero-order valence-electron chi connectivity index (χ0n) is 14.8. The van der Waals surface area contributed by atoms with Gasteiger partial charge in [0.1, 0.15) is 0 Å². The molecule has 1 aliphatic carbocycles. The third-order valence-corrected chi connectivity index (χ3v) is 6.17. The lowest BCUT2D eigenvalue weighted by molar-refractivity contribution is -0.125. The molecule has 3 heterocycles. The van der Waals surface area contributed by atoms with Gasteiger partial charge in [-0.15, -0.1) is 0 Å². The summed E-state index contributed by atoms with van der Waals surface area (Å²) in [5, 5.41) is 0. The number of amides is 1. The lowest BCUT2D eigenvalue weighted by Gasteiger charge is -2.44. The van der Waals surface area contributed by atoms with Crippen molar-refractivity contribution in [1.29, 1.82) is 0 Å². The Morgan fingerprint density at radius 3 is 2.60 bits per heavy atom. The lowest BCUT2D eigenvalue weighted by atomic mass is 9.77. The Labute approximate surface area is 149 Å². The number of nitrogens with zero attached hydrogens (tertiary/aromatic N) is 5. The van der Waals surface area contributed by atoms with Gasteiger partial charge in [0.05, 0.1) is 0 Å². The van der Waals surface area contributed by atoms with Gasteiger partial charge in [-0.3, -0.25) is 9.69 Å². The SMILES string of the molecule is C=CC(=O)N1C[C@H]2CCCC(N3CCN(c4ncccn4)CC3)[C@@H]2C1. The first-order valence-electron chi connectivity index (χ1n) is 9.43. The normalized spacial score (nSPS) is 30.2. The van der Waals surface area contributed by atoms with Crippen LogP contribution in [0.2, 0.25) is 0 Å². The second-order valence-corrected chi connectivity index (χ2v) is 7.44. The Morgan fingerprint density at radius 2 is 1.88 bits per heavy atom. The minimum absolute atomic E-state index is 0.0965. The molecule has 25 heavy (non-hydrogen) atoms. The van der Waals surface area contributed by atoms with Gasteiger partial charge in [0.15, 0.2) is 0 Å². The van der Waals surface area contributed by atoms with Gasteiger partial charge in [0.25, 0.3) is 0 Å². The average Bonchev–Trinajstić information content (AvgIpc) is 3.12. The molecule has 1 saturated carbocycles. The van der Waals surface area contributed by atoms with Crippen LogP contribution in [0.15, 0.2) is 31.1 Å². The predicted octanol–water partition coefficient (Wildman–Crippen LogP) is 1.41. The molecule has 1 unspecified atom stereocenters. The van der Waals surface area contributed by atoms with Crippen LogP contribution in [-0.2, 0) is 4.79 Å². The summed E-state index contributed by atoms with van der Waals surface area (Å²) >= 11 is 0. The fourth-order valence-electron chi connectivity index (χ4n) is 4.91. The highest BCUT2D eigenvalue weighted by molar-refractivity contribution is 5.87. The summed E-state index contributed by atoms with van der Waals surface area (Å²) in [6.07, 6.45) is 8.89. The van der Waals surface area contributed by atoms with Gasteiger partial charge in [-0.25, -0.2) is 9.97 Å². The van der Waals surface area contributed by atoms with Crippen LogP contribution in [0.25, 0.3) is 0 Å². The average molecular weight is 341 g/mol. The number of fused-ring (bicyclic) bond motifs is 1. The maximum Gasteiger partial charge on any atom is 0.245 e. The number of anilines is 1. The third kappa shape index (κ3) is 3.27. The van der Waals surface area contributed by atoms with Crippen LogP contribution in [0.3, 0.4) is 0 Å². The van der Waals surface area contributed by atoms with Crippen molar-refractivity contribution >= 4 is 11.9 Å². The topological polar surface area (TPSA) is 52.6 Å². The van der Waals surface area contributed by atoms with E-state index in [9.17, 15) is 4.79 Å². The molecule has 6 heteroatoms. The van der Waals surface area contributed by atoms with Crippen molar-refractivity contribution in [2.24, 2.45) is 11.8 Å². The van der Waals surface area contributed by atoms with Crippen molar-refractivity contribution in [3.63, 3.8) is 0 Å². The van der Waals surface area contributed by atoms with Crippen molar-refractivity contribution in [3.8, 4) is 0 Å². The van der Waals surface area contributed by atoms with E-state index in [0.717, 1.165) is 45.2 Å². The van der Waals surface area contributed by atoms with Crippen molar-refractivity contribution in [2.45, 2.75) is 25.3 Å². The molecule has 6 nitrogen and oxygen atoms in total. The molecule has 0 bridgehead atoms. The van der Waals surface area contributed by atoms with Crippen LogP contribution in [-0.4, -0.2) is 71.0 Å². The highest BCUT2D eigenvalue weighted by atomic mass is 16.2. The van der Waals surface area contributed by atoms with E-state index in [4.69, 9.17) is 0 Å². The Kier molecular flexibility index (Phi) is 4.70. The summed E-state index contributed by atoms with van der Waals surface area (Å²) in [7, 11) is 0. The predicted molar refractivity (Wildman–Crippen MR) is 97.2 cm³/mol. The zero-order valence-corrected chi connectivity index (χ0v) is 14.8. The van der Waals surface area contributed by atoms with E-state index in [1.165, 1.54) is 25.3 Å². The van der Waals surface area contributed by atoms with E-state index < -0.39 is 0 Å². The van der Waals surface area contributed by atoms with E-state index in [-0.39, 0.29) is 5.91 Å². The molecule has 4 rings (SSSR count). The highest BCUT2D eigenvalue weighted by Gasteiger charge is 2.43. The second kappa shape index (κ2) is 7.12. The molecule has 3 atom stereocenters. The van der Waals surface area contributed by atoms with Crippen molar-refractivity contribution in [2.75, 3.05) is 44.2 Å². The standard InChI is InChI=1S/C19H27N5O/c1-2-18(25)24-13-15-5-3-6-17(16(15)14-24)22-9-11-23(12-10-22)19-20-7-4-8-21-19/h2,4,7-8,15-17H,1,3,5-6,9-14H2/t15-,16-,17?/m1/s1. The van der Waals surface area contributed by atoms with Gasteiger partial charge in [-0.1, -0.05) is 13.0 Å². The molecular weight excluding hydrogens is 314 g/mol. The molecule has 0 N–H and O–H groups in total. The molecule has 1 amide bonds. The first-order chi connectivity index (χ1) is 12.3. The number of hydrogen-bond donors (Lipinski definition) is 0. The maximum atomic E-state index is 12.0. The third-order valence-electron chi connectivity index (χ3n) is 6.17.